The number of hydrogen-bond donors (Lipinski definition) is 3. The van der Waals surface area contributed by atoms with E-state index in [1.165, 1.54) is 0 Å². The predicted octanol–water partition coefficient (Wildman–Crippen LogP) is 4.96. The zero-order valence-corrected chi connectivity index (χ0v) is 17.8. The molecule has 3 N–H and O–H groups in total. The Morgan fingerprint density at radius 3 is 2.23 bits per heavy atom. The fourth-order valence-corrected chi connectivity index (χ4v) is 3.21. The molecule has 0 aliphatic rings. The van der Waals surface area contributed by atoms with Crippen LogP contribution in [0.3, 0.4) is 0 Å². The highest BCUT2D eigenvalue weighted by Gasteiger charge is 2.13. The molecule has 0 bridgehead atoms. The van der Waals surface area contributed by atoms with Crippen molar-refractivity contribution in [1.29, 1.82) is 0 Å². The van der Waals surface area contributed by atoms with Crippen molar-refractivity contribution >= 4 is 46.4 Å². The first kappa shape index (κ1) is 21.5. The number of carbonyl (C=O) groups excluding carboxylic acids is 2. The molecule has 1 atom stereocenters. The van der Waals surface area contributed by atoms with Gasteiger partial charge in [0.1, 0.15) is 0 Å². The van der Waals surface area contributed by atoms with Crippen LogP contribution in [0.4, 0.5) is 5.69 Å². The van der Waals surface area contributed by atoms with Crippen LogP contribution in [-0.4, -0.2) is 16.9 Å². The molecule has 1 unspecified atom stereocenters. The van der Waals surface area contributed by atoms with E-state index in [2.05, 4.69) is 16.0 Å². The van der Waals surface area contributed by atoms with Gasteiger partial charge in [-0.2, -0.15) is 0 Å². The average Bonchev–Trinajstić information content (AvgIpc) is 2.74. The van der Waals surface area contributed by atoms with Gasteiger partial charge in [-0.3, -0.25) is 14.9 Å². The minimum absolute atomic E-state index is 0.121. The van der Waals surface area contributed by atoms with E-state index < -0.39 is 0 Å². The van der Waals surface area contributed by atoms with Crippen molar-refractivity contribution in [2.24, 2.45) is 0 Å². The van der Waals surface area contributed by atoms with Gasteiger partial charge < -0.3 is 10.6 Å². The maximum absolute atomic E-state index is 12.6. The molecule has 0 aliphatic carbocycles. The number of amides is 2. The molecule has 30 heavy (non-hydrogen) atoms. The normalized spacial score (nSPS) is 11.3. The van der Waals surface area contributed by atoms with Crippen molar-refractivity contribution in [2.75, 3.05) is 5.32 Å². The number of anilines is 1. The second-order valence-electron chi connectivity index (χ2n) is 6.61. The number of hydrogen-bond acceptors (Lipinski definition) is 3. The van der Waals surface area contributed by atoms with Crippen LogP contribution in [0.5, 0.6) is 0 Å². The third-order valence-electron chi connectivity index (χ3n) is 4.34. The van der Waals surface area contributed by atoms with Gasteiger partial charge in [0, 0.05) is 21.8 Å². The zero-order valence-electron chi connectivity index (χ0n) is 16.2. The number of benzene rings is 3. The first-order valence-electron chi connectivity index (χ1n) is 9.26. The highest BCUT2D eigenvalue weighted by atomic mass is 35.5. The minimum Gasteiger partial charge on any atom is -0.346 e. The molecule has 152 valence electrons. The molecule has 3 aromatic rings. The Balaban J connectivity index is 1.61. The standard InChI is InChI=1S/C23H20ClN3O2S/c1-15(16-7-3-2-4-8-16)25-21(28)18-10-6-12-20(14-18)26-23(30)27-22(29)17-9-5-11-19(24)13-17/h2-15H,1H3,(H,25,28)(H2,26,27,29,30). The Morgan fingerprint density at radius 2 is 1.53 bits per heavy atom. The van der Waals surface area contributed by atoms with Crippen LogP contribution in [0, 0.1) is 0 Å². The van der Waals surface area contributed by atoms with Gasteiger partial charge in [-0.1, -0.05) is 54.1 Å². The molecule has 0 saturated heterocycles. The molecule has 2 amide bonds. The molecule has 0 fully saturated rings. The Bertz CT molecular complexity index is 1070. The van der Waals surface area contributed by atoms with Crippen LogP contribution in [0.2, 0.25) is 5.02 Å². The molecule has 0 spiro atoms. The summed E-state index contributed by atoms with van der Waals surface area (Å²) in [4.78, 5) is 24.9. The van der Waals surface area contributed by atoms with Gasteiger partial charge in [0.2, 0.25) is 0 Å². The maximum atomic E-state index is 12.6. The SMILES string of the molecule is CC(NC(=O)c1cccc(NC(=S)NC(=O)c2cccc(Cl)c2)c1)c1ccccc1. The summed E-state index contributed by atoms with van der Waals surface area (Å²) in [5.74, 6) is -0.579. The summed E-state index contributed by atoms with van der Waals surface area (Å²) in [6.45, 7) is 1.93. The monoisotopic (exact) mass is 437 g/mol. The highest BCUT2D eigenvalue weighted by molar-refractivity contribution is 7.80. The summed E-state index contributed by atoms with van der Waals surface area (Å²) < 4.78 is 0. The minimum atomic E-state index is -0.374. The summed E-state index contributed by atoms with van der Waals surface area (Å²) >= 11 is 11.1. The second-order valence-corrected chi connectivity index (χ2v) is 7.45. The number of rotatable bonds is 5. The summed E-state index contributed by atoms with van der Waals surface area (Å²) in [5, 5.41) is 9.07. The molecule has 0 aromatic heterocycles. The van der Waals surface area contributed by atoms with Gasteiger partial charge in [0.15, 0.2) is 5.11 Å². The molecule has 3 rings (SSSR count). The fourth-order valence-electron chi connectivity index (χ4n) is 2.81. The average molecular weight is 438 g/mol. The van der Waals surface area contributed by atoms with Crippen molar-refractivity contribution < 1.29 is 9.59 Å². The summed E-state index contributed by atoms with van der Waals surface area (Å²) in [6.07, 6.45) is 0. The Kier molecular flexibility index (Phi) is 7.17. The summed E-state index contributed by atoms with van der Waals surface area (Å²) in [6, 6.07) is 23.0. The van der Waals surface area contributed by atoms with Crippen molar-refractivity contribution in [2.45, 2.75) is 13.0 Å². The molecule has 7 heteroatoms. The third kappa shape index (κ3) is 5.89. The highest BCUT2D eigenvalue weighted by Crippen LogP contribution is 2.15. The van der Waals surface area contributed by atoms with Crippen LogP contribution in [0.1, 0.15) is 39.2 Å². The first-order valence-corrected chi connectivity index (χ1v) is 10.0. The number of carbonyl (C=O) groups is 2. The van der Waals surface area contributed by atoms with Crippen molar-refractivity contribution in [3.05, 3.63) is 101 Å². The van der Waals surface area contributed by atoms with Gasteiger partial charge >= 0.3 is 0 Å². The van der Waals surface area contributed by atoms with E-state index in [0.29, 0.717) is 21.8 Å². The van der Waals surface area contributed by atoms with Gasteiger partial charge in [-0.15, -0.1) is 0 Å². The van der Waals surface area contributed by atoms with Crippen LogP contribution in [-0.2, 0) is 0 Å². The lowest BCUT2D eigenvalue weighted by Gasteiger charge is -2.15. The van der Waals surface area contributed by atoms with Crippen molar-refractivity contribution in [3.8, 4) is 0 Å². The largest absolute Gasteiger partial charge is 0.346 e. The topological polar surface area (TPSA) is 70.2 Å². The quantitative estimate of drug-likeness (QED) is 0.493. The van der Waals surface area contributed by atoms with E-state index in [1.54, 1.807) is 48.5 Å². The van der Waals surface area contributed by atoms with E-state index in [-0.39, 0.29) is 23.0 Å². The van der Waals surface area contributed by atoms with Gasteiger partial charge in [-0.05, 0) is 61.1 Å². The first-order chi connectivity index (χ1) is 14.4. The number of halogens is 1. The van der Waals surface area contributed by atoms with Crippen LogP contribution < -0.4 is 16.0 Å². The van der Waals surface area contributed by atoms with Crippen LogP contribution in [0.15, 0.2) is 78.9 Å². The van der Waals surface area contributed by atoms with E-state index in [0.717, 1.165) is 5.56 Å². The molecule has 0 aliphatic heterocycles. The Labute approximate surface area is 185 Å². The molecule has 0 heterocycles. The number of nitrogens with one attached hydrogen (secondary N) is 3. The Morgan fingerprint density at radius 1 is 0.867 bits per heavy atom. The van der Waals surface area contributed by atoms with Crippen molar-refractivity contribution in [3.63, 3.8) is 0 Å². The van der Waals surface area contributed by atoms with E-state index in [9.17, 15) is 9.59 Å². The van der Waals surface area contributed by atoms with Gasteiger partial charge in [0.25, 0.3) is 11.8 Å². The van der Waals surface area contributed by atoms with Gasteiger partial charge in [0.05, 0.1) is 6.04 Å². The van der Waals surface area contributed by atoms with Crippen molar-refractivity contribution in [1.82, 2.24) is 10.6 Å². The fraction of sp³-hybridized carbons (Fsp3) is 0.0870. The Hall–Kier alpha value is -3.22. The smallest absolute Gasteiger partial charge is 0.257 e. The molecular weight excluding hydrogens is 418 g/mol. The summed E-state index contributed by atoms with van der Waals surface area (Å²) in [7, 11) is 0. The summed E-state index contributed by atoms with van der Waals surface area (Å²) in [5.41, 5.74) is 2.48. The maximum Gasteiger partial charge on any atom is 0.257 e. The second kappa shape index (κ2) is 10.0. The van der Waals surface area contributed by atoms with Crippen LogP contribution in [0.25, 0.3) is 0 Å². The van der Waals surface area contributed by atoms with E-state index in [1.807, 2.05) is 37.3 Å². The molecular formula is C23H20ClN3O2S. The molecule has 0 radical (unpaired) electrons. The predicted molar refractivity (Wildman–Crippen MR) is 124 cm³/mol. The lowest BCUT2D eigenvalue weighted by Crippen LogP contribution is -2.34. The molecule has 0 saturated carbocycles. The van der Waals surface area contributed by atoms with E-state index >= 15 is 0 Å². The number of thiocarbonyl (C=S) groups is 1. The molecule has 3 aromatic carbocycles. The molecule has 5 nitrogen and oxygen atoms in total. The third-order valence-corrected chi connectivity index (χ3v) is 4.78. The van der Waals surface area contributed by atoms with E-state index in [4.69, 9.17) is 23.8 Å². The van der Waals surface area contributed by atoms with Gasteiger partial charge in [-0.25, -0.2) is 0 Å². The van der Waals surface area contributed by atoms with Crippen LogP contribution >= 0.6 is 23.8 Å². The lowest BCUT2D eigenvalue weighted by molar-refractivity contribution is 0.0938. The zero-order chi connectivity index (χ0) is 21.5. The lowest BCUT2D eigenvalue weighted by atomic mass is 10.1.